The maximum absolute atomic E-state index is 13.6. The first kappa shape index (κ1) is 10.1. The molecule has 0 saturated carbocycles. The molecule has 1 aromatic rings. The summed E-state index contributed by atoms with van der Waals surface area (Å²) in [4.78, 5) is 13.4. The summed E-state index contributed by atoms with van der Waals surface area (Å²) in [5.41, 5.74) is 1.42. The predicted molar refractivity (Wildman–Crippen MR) is 57.3 cm³/mol. The van der Waals surface area contributed by atoms with Crippen molar-refractivity contribution in [1.82, 2.24) is 0 Å². The van der Waals surface area contributed by atoms with Gasteiger partial charge in [-0.1, -0.05) is 26.0 Å². The first-order valence-electron chi connectivity index (χ1n) is 5.20. The van der Waals surface area contributed by atoms with Gasteiger partial charge in [-0.2, -0.15) is 0 Å². The van der Waals surface area contributed by atoms with Gasteiger partial charge in [-0.25, -0.2) is 4.39 Å². The third-order valence-electron chi connectivity index (χ3n) is 2.70. The molecule has 15 heavy (non-hydrogen) atoms. The van der Waals surface area contributed by atoms with Crippen LogP contribution in [0.2, 0.25) is 0 Å². The molecule has 2 rings (SSSR count). The molecule has 0 aromatic heterocycles. The van der Waals surface area contributed by atoms with Gasteiger partial charge < -0.3 is 4.90 Å². The average Bonchev–Trinajstić information content (AvgIpc) is 2.61. The third-order valence-corrected chi connectivity index (χ3v) is 2.70. The quantitative estimate of drug-likeness (QED) is 0.692. The molecule has 80 valence electrons. The van der Waals surface area contributed by atoms with E-state index < -0.39 is 0 Å². The number of hydrogen-bond acceptors (Lipinski definition) is 1. The highest BCUT2D eigenvalue weighted by Crippen LogP contribution is 2.31. The Balaban J connectivity index is 2.40. The van der Waals surface area contributed by atoms with Gasteiger partial charge in [0.2, 0.25) is 5.91 Å². The number of carbonyl (C=O) groups is 1. The second kappa shape index (κ2) is 3.65. The van der Waals surface area contributed by atoms with E-state index in [-0.39, 0.29) is 17.6 Å². The molecule has 0 saturated heterocycles. The van der Waals surface area contributed by atoms with Gasteiger partial charge in [0.05, 0.1) is 5.69 Å². The molecule has 0 N–H and O–H groups in total. The van der Waals surface area contributed by atoms with Crippen molar-refractivity contribution in [2.45, 2.75) is 20.3 Å². The Morgan fingerprint density at radius 1 is 1.47 bits per heavy atom. The van der Waals surface area contributed by atoms with Crippen molar-refractivity contribution < 1.29 is 9.18 Å². The van der Waals surface area contributed by atoms with Gasteiger partial charge in [-0.15, -0.1) is 0 Å². The fourth-order valence-electron chi connectivity index (χ4n) is 1.94. The molecule has 0 spiro atoms. The minimum atomic E-state index is -0.293. The summed E-state index contributed by atoms with van der Waals surface area (Å²) in [7, 11) is 0. The number of carbonyl (C=O) groups excluding carboxylic acids is 1. The third kappa shape index (κ3) is 1.62. The van der Waals surface area contributed by atoms with E-state index in [0.717, 1.165) is 12.0 Å². The Labute approximate surface area is 88.7 Å². The molecule has 1 aromatic carbocycles. The molecule has 1 aliphatic heterocycles. The van der Waals surface area contributed by atoms with Crippen LogP contribution in [0, 0.1) is 11.7 Å². The standard InChI is InChI=1S/C12H14FNO/c1-8(2)12(15)14-7-6-9-4-3-5-10(13)11(9)14/h3-5,8H,6-7H2,1-2H3. The predicted octanol–water partition coefficient (Wildman–Crippen LogP) is 2.37. The van der Waals surface area contributed by atoms with Crippen molar-refractivity contribution in [3.05, 3.63) is 29.6 Å². The van der Waals surface area contributed by atoms with Crippen LogP contribution >= 0.6 is 0 Å². The molecule has 0 unspecified atom stereocenters. The zero-order chi connectivity index (χ0) is 11.0. The monoisotopic (exact) mass is 207 g/mol. The van der Waals surface area contributed by atoms with Crippen LogP contribution in [0.25, 0.3) is 0 Å². The molecule has 3 heteroatoms. The van der Waals surface area contributed by atoms with E-state index in [4.69, 9.17) is 0 Å². The first-order chi connectivity index (χ1) is 7.11. The number of rotatable bonds is 1. The fraction of sp³-hybridized carbons (Fsp3) is 0.417. The number of hydrogen-bond donors (Lipinski definition) is 0. The molecular weight excluding hydrogens is 193 g/mol. The van der Waals surface area contributed by atoms with Gasteiger partial charge in [0.1, 0.15) is 5.82 Å². The van der Waals surface area contributed by atoms with E-state index in [1.807, 2.05) is 19.9 Å². The van der Waals surface area contributed by atoms with E-state index in [9.17, 15) is 9.18 Å². The van der Waals surface area contributed by atoms with Crippen LogP contribution in [0.1, 0.15) is 19.4 Å². The zero-order valence-electron chi connectivity index (χ0n) is 8.96. The fourth-order valence-corrected chi connectivity index (χ4v) is 1.94. The lowest BCUT2D eigenvalue weighted by molar-refractivity contribution is -0.121. The molecule has 0 atom stereocenters. The van der Waals surface area contributed by atoms with Crippen LogP contribution in [0.5, 0.6) is 0 Å². The molecular formula is C12H14FNO. The highest BCUT2D eigenvalue weighted by molar-refractivity contribution is 5.96. The van der Waals surface area contributed by atoms with Crippen LogP contribution in [0.4, 0.5) is 10.1 Å². The normalized spacial score (nSPS) is 14.5. The number of benzene rings is 1. The van der Waals surface area contributed by atoms with Crippen molar-refractivity contribution in [2.24, 2.45) is 5.92 Å². The number of para-hydroxylation sites is 1. The van der Waals surface area contributed by atoms with Crippen LogP contribution in [-0.4, -0.2) is 12.5 Å². The van der Waals surface area contributed by atoms with Crippen molar-refractivity contribution in [3.8, 4) is 0 Å². The van der Waals surface area contributed by atoms with Gasteiger partial charge in [-0.05, 0) is 18.1 Å². The zero-order valence-corrected chi connectivity index (χ0v) is 8.96. The van der Waals surface area contributed by atoms with Crippen molar-refractivity contribution in [2.75, 3.05) is 11.4 Å². The van der Waals surface area contributed by atoms with Crippen molar-refractivity contribution in [1.29, 1.82) is 0 Å². The maximum Gasteiger partial charge on any atom is 0.229 e. The summed E-state index contributed by atoms with van der Waals surface area (Å²) in [6, 6.07) is 4.98. The molecule has 1 heterocycles. The molecule has 1 amide bonds. The second-order valence-corrected chi connectivity index (χ2v) is 4.14. The van der Waals surface area contributed by atoms with Gasteiger partial charge in [0, 0.05) is 12.5 Å². The lowest BCUT2D eigenvalue weighted by Crippen LogP contribution is -2.33. The summed E-state index contributed by atoms with van der Waals surface area (Å²) in [6.07, 6.45) is 0.756. The van der Waals surface area contributed by atoms with E-state index in [1.165, 1.54) is 6.07 Å². The van der Waals surface area contributed by atoms with Gasteiger partial charge in [0.25, 0.3) is 0 Å². The smallest absolute Gasteiger partial charge is 0.229 e. The Bertz CT molecular complexity index is 401. The van der Waals surface area contributed by atoms with Gasteiger partial charge in [-0.3, -0.25) is 4.79 Å². The summed E-state index contributed by atoms with van der Waals surface area (Å²) < 4.78 is 13.6. The number of nitrogens with zero attached hydrogens (tertiary/aromatic N) is 1. The van der Waals surface area contributed by atoms with E-state index >= 15 is 0 Å². The Morgan fingerprint density at radius 3 is 2.87 bits per heavy atom. The minimum absolute atomic E-state index is 0.00106. The molecule has 0 fully saturated rings. The van der Waals surface area contributed by atoms with E-state index in [2.05, 4.69) is 0 Å². The highest BCUT2D eigenvalue weighted by Gasteiger charge is 2.28. The van der Waals surface area contributed by atoms with Crippen LogP contribution in [0.3, 0.4) is 0 Å². The van der Waals surface area contributed by atoms with E-state index in [0.29, 0.717) is 12.2 Å². The summed E-state index contributed by atoms with van der Waals surface area (Å²) in [6.45, 7) is 4.27. The second-order valence-electron chi connectivity index (χ2n) is 4.14. The maximum atomic E-state index is 13.6. The van der Waals surface area contributed by atoms with E-state index in [1.54, 1.807) is 11.0 Å². The lowest BCUT2D eigenvalue weighted by Gasteiger charge is -2.19. The van der Waals surface area contributed by atoms with Crippen LogP contribution in [0.15, 0.2) is 18.2 Å². The van der Waals surface area contributed by atoms with Crippen molar-refractivity contribution >= 4 is 11.6 Å². The number of fused-ring (bicyclic) bond motifs is 1. The van der Waals surface area contributed by atoms with Gasteiger partial charge in [0.15, 0.2) is 0 Å². The Hall–Kier alpha value is -1.38. The largest absolute Gasteiger partial charge is 0.309 e. The first-order valence-corrected chi connectivity index (χ1v) is 5.20. The highest BCUT2D eigenvalue weighted by atomic mass is 19.1. The lowest BCUT2D eigenvalue weighted by atomic mass is 10.1. The molecule has 1 aliphatic rings. The number of amides is 1. The number of halogens is 1. The summed E-state index contributed by atoms with van der Waals surface area (Å²) in [5.74, 6) is -0.381. The topological polar surface area (TPSA) is 20.3 Å². The van der Waals surface area contributed by atoms with Crippen LogP contribution < -0.4 is 4.90 Å². The molecule has 2 nitrogen and oxygen atoms in total. The average molecular weight is 207 g/mol. The molecule has 0 aliphatic carbocycles. The molecule has 0 radical (unpaired) electrons. The Kier molecular flexibility index (Phi) is 2.47. The minimum Gasteiger partial charge on any atom is -0.309 e. The molecule has 0 bridgehead atoms. The Morgan fingerprint density at radius 2 is 2.20 bits per heavy atom. The van der Waals surface area contributed by atoms with Gasteiger partial charge >= 0.3 is 0 Å². The van der Waals surface area contributed by atoms with Crippen LogP contribution in [-0.2, 0) is 11.2 Å². The summed E-state index contributed by atoms with van der Waals surface area (Å²) in [5, 5.41) is 0. The SMILES string of the molecule is CC(C)C(=O)N1CCc2cccc(F)c21. The summed E-state index contributed by atoms with van der Waals surface area (Å²) >= 11 is 0. The number of anilines is 1. The van der Waals surface area contributed by atoms with Crippen molar-refractivity contribution in [3.63, 3.8) is 0 Å².